The van der Waals surface area contributed by atoms with E-state index in [0.29, 0.717) is 35.6 Å². The van der Waals surface area contributed by atoms with E-state index in [2.05, 4.69) is 6.58 Å². The molecular weight excluding hydrogens is 388 g/mol. The third-order valence-corrected chi connectivity index (χ3v) is 6.25. The highest BCUT2D eigenvalue weighted by molar-refractivity contribution is 7.12. The number of benzene rings is 1. The maximum absolute atomic E-state index is 13.3. The van der Waals surface area contributed by atoms with Gasteiger partial charge in [0.25, 0.3) is 11.8 Å². The van der Waals surface area contributed by atoms with Crippen LogP contribution >= 0.6 is 11.3 Å². The van der Waals surface area contributed by atoms with Crippen molar-refractivity contribution in [3.05, 3.63) is 64.4 Å². The number of rotatable bonds is 5. The molecule has 29 heavy (non-hydrogen) atoms. The second kappa shape index (κ2) is 7.83. The molecule has 0 radical (unpaired) electrons. The minimum absolute atomic E-state index is 0.0411. The number of hydrogen-bond acceptors (Lipinski definition) is 5. The van der Waals surface area contributed by atoms with Crippen LogP contribution in [-0.4, -0.2) is 48.4 Å². The van der Waals surface area contributed by atoms with Crippen molar-refractivity contribution >= 4 is 34.8 Å². The van der Waals surface area contributed by atoms with E-state index in [1.165, 1.54) is 16.2 Å². The van der Waals surface area contributed by atoms with E-state index in [9.17, 15) is 14.4 Å². The van der Waals surface area contributed by atoms with Gasteiger partial charge in [0.15, 0.2) is 0 Å². The summed E-state index contributed by atoms with van der Waals surface area (Å²) in [6, 6.07) is 8.20. The van der Waals surface area contributed by atoms with Crippen LogP contribution in [0.3, 0.4) is 0 Å². The largest absolute Gasteiger partial charge is 0.464 e. The van der Waals surface area contributed by atoms with Gasteiger partial charge in [0.2, 0.25) is 0 Å². The lowest BCUT2D eigenvalue weighted by atomic mass is 9.79. The topological polar surface area (TPSA) is 66.9 Å². The van der Waals surface area contributed by atoms with E-state index >= 15 is 0 Å². The molecule has 2 amide bonds. The smallest absolute Gasteiger partial charge is 0.329 e. The van der Waals surface area contributed by atoms with Crippen LogP contribution in [0, 0.1) is 0 Å². The minimum atomic E-state index is -0.726. The number of ether oxygens (including phenoxy) is 1. The fourth-order valence-electron chi connectivity index (χ4n) is 4.25. The van der Waals surface area contributed by atoms with Crippen molar-refractivity contribution in [1.82, 2.24) is 4.90 Å². The lowest BCUT2D eigenvalue weighted by molar-refractivity contribution is -0.145. The maximum Gasteiger partial charge on any atom is 0.329 e. The number of esters is 1. The fraction of sp³-hybridized carbons (Fsp3) is 0.318. The number of nitrogens with zero attached hydrogens (tertiary/aromatic N) is 2. The molecular formula is C22H22N2O4S. The van der Waals surface area contributed by atoms with Gasteiger partial charge < -0.3 is 9.64 Å². The van der Waals surface area contributed by atoms with E-state index < -0.39 is 12.0 Å². The van der Waals surface area contributed by atoms with Gasteiger partial charge in [0.1, 0.15) is 6.04 Å². The molecule has 4 rings (SSSR count). The SMILES string of the molecule is C=CCN1C[C@@H]2C[C@@H](C(=O)OCC)N(C(=O)c3cccs3)c3cccc(c32)C1=O. The Labute approximate surface area is 173 Å². The van der Waals surface area contributed by atoms with Crippen LogP contribution in [-0.2, 0) is 9.53 Å². The monoisotopic (exact) mass is 410 g/mol. The van der Waals surface area contributed by atoms with E-state index in [0.717, 1.165) is 5.56 Å². The van der Waals surface area contributed by atoms with Crippen LogP contribution in [0.5, 0.6) is 0 Å². The predicted molar refractivity (Wildman–Crippen MR) is 111 cm³/mol. The quantitative estimate of drug-likeness (QED) is 0.559. The normalized spacial score (nSPS) is 20.2. The highest BCUT2D eigenvalue weighted by Gasteiger charge is 2.45. The van der Waals surface area contributed by atoms with Crippen molar-refractivity contribution in [2.45, 2.75) is 25.3 Å². The van der Waals surface area contributed by atoms with Gasteiger partial charge in [-0.15, -0.1) is 17.9 Å². The van der Waals surface area contributed by atoms with E-state index in [1.54, 1.807) is 42.2 Å². The summed E-state index contributed by atoms with van der Waals surface area (Å²) in [6.07, 6.45) is 2.12. The Hall–Kier alpha value is -2.93. The Bertz CT molecular complexity index is 969. The molecule has 1 aromatic heterocycles. The van der Waals surface area contributed by atoms with E-state index in [-0.39, 0.29) is 24.3 Å². The predicted octanol–water partition coefficient (Wildman–Crippen LogP) is 3.46. The summed E-state index contributed by atoms with van der Waals surface area (Å²) in [5, 5.41) is 1.83. The van der Waals surface area contributed by atoms with Gasteiger partial charge in [0, 0.05) is 30.3 Å². The molecule has 2 aromatic rings. The number of carbonyl (C=O) groups excluding carboxylic acids is 3. The maximum atomic E-state index is 13.3. The Morgan fingerprint density at radius 1 is 1.31 bits per heavy atom. The van der Waals surface area contributed by atoms with Gasteiger partial charge in [-0.3, -0.25) is 14.5 Å². The summed E-state index contributed by atoms with van der Waals surface area (Å²) in [7, 11) is 0. The lowest BCUT2D eigenvalue weighted by Crippen LogP contribution is -2.53. The van der Waals surface area contributed by atoms with Crippen LogP contribution in [0.15, 0.2) is 48.4 Å². The van der Waals surface area contributed by atoms with Crippen molar-refractivity contribution in [2.75, 3.05) is 24.6 Å². The Morgan fingerprint density at radius 3 is 2.83 bits per heavy atom. The molecule has 0 bridgehead atoms. The molecule has 1 aromatic carbocycles. The van der Waals surface area contributed by atoms with Gasteiger partial charge in [-0.05, 0) is 42.5 Å². The molecule has 0 aliphatic carbocycles. The first-order valence-electron chi connectivity index (χ1n) is 9.63. The Morgan fingerprint density at radius 2 is 2.14 bits per heavy atom. The van der Waals surface area contributed by atoms with Crippen molar-refractivity contribution < 1.29 is 19.1 Å². The van der Waals surface area contributed by atoms with Crippen LogP contribution < -0.4 is 4.90 Å². The minimum Gasteiger partial charge on any atom is -0.464 e. The van der Waals surface area contributed by atoms with Crippen LogP contribution in [0.1, 0.15) is 44.9 Å². The molecule has 0 spiro atoms. The summed E-state index contributed by atoms with van der Waals surface area (Å²) in [5.74, 6) is -0.775. The number of amides is 2. The first-order valence-corrected chi connectivity index (χ1v) is 10.5. The van der Waals surface area contributed by atoms with Gasteiger partial charge in [-0.1, -0.05) is 18.2 Å². The second-order valence-electron chi connectivity index (χ2n) is 7.09. The van der Waals surface area contributed by atoms with E-state index in [1.807, 2.05) is 11.4 Å². The summed E-state index contributed by atoms with van der Waals surface area (Å²) in [4.78, 5) is 42.9. The number of carbonyl (C=O) groups is 3. The molecule has 0 N–H and O–H groups in total. The molecule has 0 saturated heterocycles. The van der Waals surface area contributed by atoms with Crippen molar-refractivity contribution in [1.29, 1.82) is 0 Å². The van der Waals surface area contributed by atoms with Crippen molar-refractivity contribution in [2.24, 2.45) is 0 Å². The Balaban J connectivity index is 1.85. The molecule has 0 unspecified atom stereocenters. The van der Waals surface area contributed by atoms with Crippen LogP contribution in [0.2, 0.25) is 0 Å². The summed E-state index contributed by atoms with van der Waals surface area (Å²) in [5.41, 5.74) is 2.07. The molecule has 7 heteroatoms. The average Bonchev–Trinajstić information content (AvgIpc) is 3.26. The summed E-state index contributed by atoms with van der Waals surface area (Å²) < 4.78 is 5.30. The highest BCUT2D eigenvalue weighted by Crippen LogP contribution is 2.44. The molecule has 2 aliphatic rings. The Kier molecular flexibility index (Phi) is 5.24. The standard InChI is InChI=1S/C22H22N2O4S/c1-3-10-23-13-14-12-17(22(27)28-4-2)24(21(26)18-9-6-11-29-18)16-8-5-7-15(19(14)16)20(23)25/h3,5-9,11,14,17H,1,4,10,12-13H2,2H3/t14-,17-/m0/s1. The van der Waals surface area contributed by atoms with Gasteiger partial charge in [-0.2, -0.15) is 0 Å². The first kappa shape index (κ1) is 19.4. The first-order chi connectivity index (χ1) is 14.1. The lowest BCUT2D eigenvalue weighted by Gasteiger charge is -2.44. The zero-order valence-corrected chi connectivity index (χ0v) is 17.0. The van der Waals surface area contributed by atoms with Gasteiger partial charge in [-0.25, -0.2) is 4.79 Å². The van der Waals surface area contributed by atoms with Gasteiger partial charge >= 0.3 is 5.97 Å². The fourth-order valence-corrected chi connectivity index (χ4v) is 4.91. The van der Waals surface area contributed by atoms with E-state index in [4.69, 9.17) is 4.74 Å². The molecule has 2 atom stereocenters. The zero-order chi connectivity index (χ0) is 20.5. The third kappa shape index (κ3) is 3.25. The average molecular weight is 410 g/mol. The van der Waals surface area contributed by atoms with Crippen molar-refractivity contribution in [3.63, 3.8) is 0 Å². The molecule has 6 nitrogen and oxygen atoms in total. The number of anilines is 1. The molecule has 150 valence electrons. The molecule has 0 saturated carbocycles. The molecule has 2 aliphatic heterocycles. The van der Waals surface area contributed by atoms with Crippen LogP contribution in [0.4, 0.5) is 5.69 Å². The third-order valence-electron chi connectivity index (χ3n) is 5.39. The highest BCUT2D eigenvalue weighted by atomic mass is 32.1. The summed E-state index contributed by atoms with van der Waals surface area (Å²) >= 11 is 1.33. The number of hydrogen-bond donors (Lipinski definition) is 0. The second-order valence-corrected chi connectivity index (χ2v) is 8.04. The molecule has 3 heterocycles. The molecule has 0 fully saturated rings. The summed E-state index contributed by atoms with van der Waals surface area (Å²) in [6.45, 7) is 6.67. The van der Waals surface area contributed by atoms with Crippen molar-refractivity contribution in [3.8, 4) is 0 Å². The van der Waals surface area contributed by atoms with Crippen LogP contribution in [0.25, 0.3) is 0 Å². The van der Waals surface area contributed by atoms with Gasteiger partial charge in [0.05, 0.1) is 11.5 Å². The number of thiophene rings is 1. The zero-order valence-electron chi connectivity index (χ0n) is 16.2.